The van der Waals surface area contributed by atoms with Gasteiger partial charge in [-0.15, -0.1) is 0 Å². The summed E-state index contributed by atoms with van der Waals surface area (Å²) in [6, 6.07) is 7.96. The van der Waals surface area contributed by atoms with Crippen LogP contribution in [0.2, 0.25) is 0 Å². The van der Waals surface area contributed by atoms with Crippen molar-refractivity contribution in [2.24, 2.45) is 0 Å². The molecule has 0 saturated heterocycles. The second-order valence-corrected chi connectivity index (χ2v) is 6.39. The molecule has 1 aliphatic carbocycles. The monoisotopic (exact) mass is 334 g/mol. The van der Waals surface area contributed by atoms with Crippen molar-refractivity contribution in [3.63, 3.8) is 0 Å². The predicted octanol–water partition coefficient (Wildman–Crippen LogP) is 4.06. The molecule has 1 aromatic carbocycles. The largest absolute Gasteiger partial charge is 0.323 e. The fraction of sp³-hybridized carbons (Fsp3) is 0.500. The van der Waals surface area contributed by atoms with Crippen LogP contribution in [0.4, 0.5) is 0 Å². The molecule has 1 saturated carbocycles. The lowest BCUT2D eigenvalue weighted by atomic mass is 9.81. The van der Waals surface area contributed by atoms with E-state index >= 15 is 0 Å². The van der Waals surface area contributed by atoms with E-state index in [9.17, 15) is 10.1 Å². The lowest BCUT2D eigenvalue weighted by molar-refractivity contribution is 0.0589. The van der Waals surface area contributed by atoms with Gasteiger partial charge in [-0.2, -0.15) is 5.26 Å². The zero-order valence-corrected chi connectivity index (χ0v) is 13.5. The minimum atomic E-state index is -0.629. The van der Waals surface area contributed by atoms with E-state index in [1.807, 2.05) is 25.1 Å². The SMILES string of the molecule is Cc1cc(C(=O)N(C)C2(C#N)CCCCC2)ccc1Br. The highest BCUT2D eigenvalue weighted by Gasteiger charge is 2.39. The number of halogens is 1. The summed E-state index contributed by atoms with van der Waals surface area (Å²) in [4.78, 5) is 14.3. The van der Waals surface area contributed by atoms with Crippen molar-refractivity contribution in [2.45, 2.75) is 44.6 Å². The lowest BCUT2D eigenvalue weighted by Gasteiger charge is -2.39. The molecule has 0 bridgehead atoms. The van der Waals surface area contributed by atoms with E-state index in [-0.39, 0.29) is 5.91 Å². The highest BCUT2D eigenvalue weighted by Crippen LogP contribution is 2.33. The van der Waals surface area contributed by atoms with Gasteiger partial charge >= 0.3 is 0 Å². The minimum Gasteiger partial charge on any atom is -0.323 e. The Hall–Kier alpha value is -1.34. The highest BCUT2D eigenvalue weighted by molar-refractivity contribution is 9.10. The maximum absolute atomic E-state index is 12.6. The molecule has 3 nitrogen and oxygen atoms in total. The quantitative estimate of drug-likeness (QED) is 0.818. The average Bonchev–Trinajstić information content (AvgIpc) is 2.49. The van der Waals surface area contributed by atoms with Crippen molar-refractivity contribution < 1.29 is 4.79 Å². The number of hydrogen-bond acceptors (Lipinski definition) is 2. The summed E-state index contributed by atoms with van der Waals surface area (Å²) in [5.74, 6) is -0.0657. The molecule has 2 rings (SSSR count). The van der Waals surface area contributed by atoms with Gasteiger partial charge in [0.25, 0.3) is 5.91 Å². The summed E-state index contributed by atoms with van der Waals surface area (Å²) >= 11 is 3.44. The number of nitrogens with zero attached hydrogens (tertiary/aromatic N) is 2. The summed E-state index contributed by atoms with van der Waals surface area (Å²) in [6.07, 6.45) is 4.75. The predicted molar refractivity (Wildman–Crippen MR) is 82.4 cm³/mol. The molecule has 1 amide bonds. The summed E-state index contributed by atoms with van der Waals surface area (Å²) in [7, 11) is 1.76. The van der Waals surface area contributed by atoms with Crippen LogP contribution in [0.3, 0.4) is 0 Å². The zero-order chi connectivity index (χ0) is 14.8. The van der Waals surface area contributed by atoms with Crippen LogP contribution < -0.4 is 0 Å². The van der Waals surface area contributed by atoms with Crippen LogP contribution in [-0.2, 0) is 0 Å². The molecule has 0 radical (unpaired) electrons. The van der Waals surface area contributed by atoms with Crippen molar-refractivity contribution in [1.29, 1.82) is 5.26 Å². The summed E-state index contributed by atoms with van der Waals surface area (Å²) in [6.45, 7) is 1.96. The van der Waals surface area contributed by atoms with Gasteiger partial charge in [0, 0.05) is 17.1 Å². The third-order valence-corrected chi connectivity index (χ3v) is 5.13. The van der Waals surface area contributed by atoms with Gasteiger partial charge in [0.2, 0.25) is 0 Å². The van der Waals surface area contributed by atoms with E-state index < -0.39 is 5.54 Å². The van der Waals surface area contributed by atoms with Gasteiger partial charge in [0.15, 0.2) is 0 Å². The minimum absolute atomic E-state index is 0.0657. The Morgan fingerprint density at radius 2 is 2.00 bits per heavy atom. The normalized spacial score (nSPS) is 17.3. The molecular formula is C16H19BrN2O. The van der Waals surface area contributed by atoms with Gasteiger partial charge < -0.3 is 4.90 Å². The number of aryl methyl sites for hydroxylation is 1. The number of benzene rings is 1. The van der Waals surface area contributed by atoms with Crippen LogP contribution in [0.25, 0.3) is 0 Å². The molecule has 4 heteroatoms. The van der Waals surface area contributed by atoms with Gasteiger partial charge in [0.1, 0.15) is 5.54 Å². The first-order valence-corrected chi connectivity index (χ1v) is 7.75. The van der Waals surface area contributed by atoms with Crippen LogP contribution in [-0.4, -0.2) is 23.4 Å². The van der Waals surface area contributed by atoms with Crippen LogP contribution in [0, 0.1) is 18.3 Å². The van der Waals surface area contributed by atoms with Gasteiger partial charge in [-0.3, -0.25) is 4.79 Å². The van der Waals surface area contributed by atoms with Crippen LogP contribution in [0.5, 0.6) is 0 Å². The Balaban J connectivity index is 2.27. The first-order valence-electron chi connectivity index (χ1n) is 6.96. The number of nitriles is 1. The van der Waals surface area contributed by atoms with Crippen LogP contribution >= 0.6 is 15.9 Å². The molecule has 1 aromatic rings. The molecule has 0 atom stereocenters. The Kier molecular flexibility index (Phi) is 4.49. The third kappa shape index (κ3) is 2.73. The number of amides is 1. The van der Waals surface area contributed by atoms with Crippen LogP contribution in [0.15, 0.2) is 22.7 Å². The standard InChI is InChI=1S/C16H19BrN2O/c1-12-10-13(6-7-14(12)17)15(20)19(2)16(11-18)8-4-3-5-9-16/h6-7,10H,3-5,8-9H2,1-2H3. The molecule has 0 spiro atoms. The maximum Gasteiger partial charge on any atom is 0.254 e. The Morgan fingerprint density at radius 3 is 2.55 bits per heavy atom. The van der Waals surface area contributed by atoms with Crippen molar-refractivity contribution >= 4 is 21.8 Å². The molecule has 1 aliphatic rings. The number of rotatable bonds is 2. The number of carbonyl (C=O) groups is 1. The molecule has 0 N–H and O–H groups in total. The molecule has 0 aliphatic heterocycles. The van der Waals surface area contributed by atoms with Crippen molar-refractivity contribution in [3.05, 3.63) is 33.8 Å². The number of carbonyl (C=O) groups excluding carboxylic acids is 1. The first kappa shape index (κ1) is 15.1. The summed E-state index contributed by atoms with van der Waals surface area (Å²) < 4.78 is 0.990. The second-order valence-electron chi connectivity index (χ2n) is 5.53. The molecule has 0 unspecified atom stereocenters. The zero-order valence-electron chi connectivity index (χ0n) is 11.9. The topological polar surface area (TPSA) is 44.1 Å². The molecule has 1 fully saturated rings. The first-order chi connectivity index (χ1) is 9.50. The van der Waals surface area contributed by atoms with Gasteiger partial charge in [-0.25, -0.2) is 0 Å². The Labute approximate surface area is 128 Å². The molecule has 0 heterocycles. The highest BCUT2D eigenvalue weighted by atomic mass is 79.9. The fourth-order valence-electron chi connectivity index (χ4n) is 2.82. The number of hydrogen-bond donors (Lipinski definition) is 0. The van der Waals surface area contributed by atoms with E-state index in [1.54, 1.807) is 11.9 Å². The molecular weight excluding hydrogens is 316 g/mol. The van der Waals surface area contributed by atoms with Crippen molar-refractivity contribution in [1.82, 2.24) is 4.90 Å². The van der Waals surface area contributed by atoms with E-state index in [4.69, 9.17) is 0 Å². The third-order valence-electron chi connectivity index (χ3n) is 4.24. The maximum atomic E-state index is 12.6. The second kappa shape index (κ2) is 5.97. The van der Waals surface area contributed by atoms with Crippen molar-refractivity contribution in [3.8, 4) is 6.07 Å². The molecule has 20 heavy (non-hydrogen) atoms. The summed E-state index contributed by atoms with van der Waals surface area (Å²) in [5, 5.41) is 9.56. The van der Waals surface area contributed by atoms with Crippen molar-refractivity contribution in [2.75, 3.05) is 7.05 Å². The van der Waals surface area contributed by atoms with E-state index in [0.717, 1.165) is 42.1 Å². The smallest absolute Gasteiger partial charge is 0.254 e. The van der Waals surface area contributed by atoms with Gasteiger partial charge in [0.05, 0.1) is 6.07 Å². The van der Waals surface area contributed by atoms with Crippen LogP contribution in [0.1, 0.15) is 48.0 Å². The fourth-order valence-corrected chi connectivity index (χ4v) is 3.07. The molecule has 106 valence electrons. The average molecular weight is 335 g/mol. The van der Waals surface area contributed by atoms with E-state index in [1.165, 1.54) is 0 Å². The van der Waals surface area contributed by atoms with Gasteiger partial charge in [-0.1, -0.05) is 35.2 Å². The van der Waals surface area contributed by atoms with Gasteiger partial charge in [-0.05, 0) is 43.5 Å². The van der Waals surface area contributed by atoms with E-state index in [2.05, 4.69) is 22.0 Å². The summed E-state index contributed by atoms with van der Waals surface area (Å²) in [5.41, 5.74) is 1.04. The lowest BCUT2D eigenvalue weighted by Crippen LogP contribution is -2.49. The van der Waals surface area contributed by atoms with E-state index in [0.29, 0.717) is 5.56 Å². The Bertz CT molecular complexity index is 556. The Morgan fingerprint density at radius 1 is 1.35 bits per heavy atom. The molecule has 0 aromatic heterocycles.